The Kier molecular flexibility index (Phi) is 6.68. The molecule has 162 valence electrons. The van der Waals surface area contributed by atoms with Gasteiger partial charge in [0.2, 0.25) is 0 Å². The average Bonchev–Trinajstić information content (AvgIpc) is 3.17. The van der Waals surface area contributed by atoms with Crippen LogP contribution >= 0.6 is 0 Å². The number of carbonyl (C=O) groups is 2. The van der Waals surface area contributed by atoms with E-state index < -0.39 is 41.2 Å². The first kappa shape index (κ1) is 22.0. The minimum atomic E-state index is -1.29. The minimum absolute atomic E-state index is 0.0357. The van der Waals surface area contributed by atoms with Gasteiger partial charge in [-0.15, -0.1) is 0 Å². The van der Waals surface area contributed by atoms with Gasteiger partial charge in [-0.3, -0.25) is 9.59 Å². The molecule has 1 N–H and O–H groups in total. The van der Waals surface area contributed by atoms with Crippen LogP contribution in [0.5, 0.6) is 0 Å². The van der Waals surface area contributed by atoms with E-state index in [-0.39, 0.29) is 35.7 Å². The van der Waals surface area contributed by atoms with E-state index >= 15 is 0 Å². The van der Waals surface area contributed by atoms with Gasteiger partial charge < -0.3 is 14.5 Å². The molecule has 1 unspecified atom stereocenters. The van der Waals surface area contributed by atoms with Crippen molar-refractivity contribution in [2.45, 2.75) is 25.9 Å². The highest BCUT2D eigenvalue weighted by Gasteiger charge is 2.21. The third-order valence-corrected chi connectivity index (χ3v) is 4.17. The first-order chi connectivity index (χ1) is 14.7. The molecule has 0 saturated carbocycles. The molecule has 10 heteroatoms. The van der Waals surface area contributed by atoms with Gasteiger partial charge in [-0.1, -0.05) is 6.07 Å². The number of carbonyl (C=O) groups excluding carboxylic acids is 2. The van der Waals surface area contributed by atoms with Gasteiger partial charge in [-0.05, 0) is 31.2 Å². The van der Waals surface area contributed by atoms with E-state index in [0.29, 0.717) is 0 Å². The van der Waals surface area contributed by atoms with Crippen molar-refractivity contribution in [1.29, 1.82) is 0 Å². The van der Waals surface area contributed by atoms with Crippen LogP contribution in [0.3, 0.4) is 0 Å². The zero-order chi connectivity index (χ0) is 22.5. The van der Waals surface area contributed by atoms with E-state index in [0.717, 1.165) is 36.5 Å². The summed E-state index contributed by atoms with van der Waals surface area (Å²) in [6, 6.07) is 5.88. The Hall–Kier alpha value is -3.69. The van der Waals surface area contributed by atoms with Crippen LogP contribution in [-0.2, 0) is 20.7 Å². The SMILES string of the molecule is CC(OC(=O)CCc1ncc(-c2c(F)cccc2F)o1)C(=O)Nc1cc(F)ccc1F. The van der Waals surface area contributed by atoms with Crippen LogP contribution in [0.15, 0.2) is 47.0 Å². The van der Waals surface area contributed by atoms with Gasteiger partial charge in [0, 0.05) is 12.5 Å². The molecule has 0 saturated heterocycles. The number of hydrogen-bond acceptors (Lipinski definition) is 5. The van der Waals surface area contributed by atoms with Gasteiger partial charge in [-0.2, -0.15) is 0 Å². The Bertz CT molecular complexity index is 1100. The summed E-state index contributed by atoms with van der Waals surface area (Å²) in [4.78, 5) is 27.9. The number of aryl methyl sites for hydroxylation is 1. The second-order valence-corrected chi connectivity index (χ2v) is 6.46. The first-order valence-corrected chi connectivity index (χ1v) is 9.09. The number of hydrogen-bond donors (Lipinski definition) is 1. The molecule has 2 aromatic carbocycles. The first-order valence-electron chi connectivity index (χ1n) is 9.09. The zero-order valence-electron chi connectivity index (χ0n) is 16.1. The maximum Gasteiger partial charge on any atom is 0.307 e. The molecule has 3 aromatic rings. The summed E-state index contributed by atoms with van der Waals surface area (Å²) < 4.78 is 64.6. The van der Waals surface area contributed by atoms with E-state index in [1.807, 2.05) is 0 Å². The van der Waals surface area contributed by atoms with Crippen LogP contribution in [0.25, 0.3) is 11.3 Å². The Labute approximate surface area is 173 Å². The lowest BCUT2D eigenvalue weighted by molar-refractivity contribution is -0.153. The second-order valence-electron chi connectivity index (χ2n) is 6.46. The predicted molar refractivity (Wildman–Crippen MR) is 101 cm³/mol. The molecular weight excluding hydrogens is 420 g/mol. The van der Waals surface area contributed by atoms with Crippen molar-refractivity contribution in [2.75, 3.05) is 5.32 Å². The summed E-state index contributed by atoms with van der Waals surface area (Å²) in [5.41, 5.74) is -0.765. The third kappa shape index (κ3) is 5.47. The number of amides is 1. The van der Waals surface area contributed by atoms with Crippen LogP contribution in [0.4, 0.5) is 23.2 Å². The number of aromatic nitrogens is 1. The molecule has 1 amide bonds. The summed E-state index contributed by atoms with van der Waals surface area (Å²) >= 11 is 0. The zero-order valence-corrected chi connectivity index (χ0v) is 16.1. The van der Waals surface area contributed by atoms with E-state index in [1.54, 1.807) is 0 Å². The normalized spacial score (nSPS) is 11.8. The fraction of sp³-hybridized carbons (Fsp3) is 0.190. The van der Waals surface area contributed by atoms with Gasteiger partial charge in [0.05, 0.1) is 23.9 Å². The van der Waals surface area contributed by atoms with Gasteiger partial charge in [0.15, 0.2) is 17.8 Å². The molecule has 0 aliphatic heterocycles. The van der Waals surface area contributed by atoms with Crippen LogP contribution in [0.2, 0.25) is 0 Å². The number of nitrogens with zero attached hydrogens (tertiary/aromatic N) is 1. The lowest BCUT2D eigenvalue weighted by atomic mass is 10.1. The highest BCUT2D eigenvalue weighted by atomic mass is 19.1. The quantitative estimate of drug-likeness (QED) is 0.439. The van der Waals surface area contributed by atoms with Gasteiger partial charge in [0.1, 0.15) is 23.3 Å². The van der Waals surface area contributed by atoms with Crippen LogP contribution in [0.1, 0.15) is 19.2 Å². The standard InChI is InChI=1S/C21H16F4N2O4/c1-11(21(29)27-16-9-12(22)5-6-13(16)23)30-19(28)8-7-18-26-10-17(31-18)20-14(24)3-2-4-15(20)25/h2-6,9-11H,7-8H2,1H3,(H,27,29). The maximum atomic E-state index is 13.8. The molecule has 6 nitrogen and oxygen atoms in total. The van der Waals surface area contributed by atoms with Gasteiger partial charge >= 0.3 is 5.97 Å². The molecule has 3 rings (SSSR count). The van der Waals surface area contributed by atoms with Crippen molar-refractivity contribution in [3.63, 3.8) is 0 Å². The molecule has 0 bridgehead atoms. The summed E-state index contributed by atoms with van der Waals surface area (Å²) in [6.45, 7) is 1.26. The molecule has 31 heavy (non-hydrogen) atoms. The number of anilines is 1. The number of rotatable bonds is 7. The summed E-state index contributed by atoms with van der Waals surface area (Å²) in [7, 11) is 0. The number of halogens is 4. The number of benzene rings is 2. The largest absolute Gasteiger partial charge is 0.453 e. The van der Waals surface area contributed by atoms with Crippen molar-refractivity contribution in [2.24, 2.45) is 0 Å². The van der Waals surface area contributed by atoms with Crippen LogP contribution in [0, 0.1) is 23.3 Å². The fourth-order valence-electron chi connectivity index (χ4n) is 2.62. The summed E-state index contributed by atoms with van der Waals surface area (Å²) in [5.74, 6) is -4.99. The minimum Gasteiger partial charge on any atom is -0.453 e. The van der Waals surface area contributed by atoms with E-state index in [1.165, 1.54) is 13.0 Å². The summed E-state index contributed by atoms with van der Waals surface area (Å²) in [6.07, 6.45) is -0.457. The molecule has 1 atom stereocenters. The molecular formula is C21H16F4N2O4. The van der Waals surface area contributed by atoms with Crippen molar-refractivity contribution in [1.82, 2.24) is 4.98 Å². The molecule has 0 spiro atoms. The smallest absolute Gasteiger partial charge is 0.307 e. The molecule has 0 aliphatic carbocycles. The molecule has 0 radical (unpaired) electrons. The van der Waals surface area contributed by atoms with Crippen molar-refractivity contribution in [3.05, 3.63) is 71.8 Å². The lowest BCUT2D eigenvalue weighted by Crippen LogP contribution is -2.30. The summed E-state index contributed by atoms with van der Waals surface area (Å²) in [5, 5.41) is 2.13. The number of esters is 1. The highest BCUT2D eigenvalue weighted by Crippen LogP contribution is 2.26. The van der Waals surface area contributed by atoms with E-state index in [9.17, 15) is 27.2 Å². The van der Waals surface area contributed by atoms with Crippen molar-refractivity contribution in [3.8, 4) is 11.3 Å². The Morgan fingerprint density at radius 3 is 2.52 bits per heavy atom. The van der Waals surface area contributed by atoms with Gasteiger partial charge in [-0.25, -0.2) is 22.5 Å². The van der Waals surface area contributed by atoms with E-state index in [2.05, 4.69) is 10.3 Å². The fourth-order valence-corrected chi connectivity index (χ4v) is 2.62. The highest BCUT2D eigenvalue weighted by molar-refractivity contribution is 5.95. The van der Waals surface area contributed by atoms with Crippen LogP contribution in [-0.4, -0.2) is 23.0 Å². The second kappa shape index (κ2) is 9.41. The Morgan fingerprint density at radius 2 is 1.81 bits per heavy atom. The molecule has 0 fully saturated rings. The van der Waals surface area contributed by atoms with Crippen molar-refractivity contribution < 1.29 is 36.3 Å². The Morgan fingerprint density at radius 1 is 1.10 bits per heavy atom. The van der Waals surface area contributed by atoms with Gasteiger partial charge in [0.25, 0.3) is 5.91 Å². The van der Waals surface area contributed by atoms with E-state index in [4.69, 9.17) is 9.15 Å². The maximum absolute atomic E-state index is 13.8. The molecule has 0 aliphatic rings. The Balaban J connectivity index is 1.54. The number of ether oxygens (including phenoxy) is 1. The average molecular weight is 436 g/mol. The third-order valence-electron chi connectivity index (χ3n) is 4.17. The molecule has 1 aromatic heterocycles. The number of oxazole rings is 1. The van der Waals surface area contributed by atoms with Crippen LogP contribution < -0.4 is 5.32 Å². The number of nitrogens with one attached hydrogen (secondary N) is 1. The lowest BCUT2D eigenvalue weighted by Gasteiger charge is -2.13. The predicted octanol–water partition coefficient (Wildman–Crippen LogP) is 4.40. The van der Waals surface area contributed by atoms with Crippen molar-refractivity contribution >= 4 is 17.6 Å². The monoisotopic (exact) mass is 436 g/mol. The molecule has 1 heterocycles. The topological polar surface area (TPSA) is 81.4 Å².